The molecule has 0 aliphatic heterocycles. The van der Waals surface area contributed by atoms with E-state index in [0.717, 1.165) is 18.4 Å². The Morgan fingerprint density at radius 1 is 1.29 bits per heavy atom. The maximum Gasteiger partial charge on any atom is 0.264 e. The first-order valence-electron chi connectivity index (χ1n) is 5.07. The fourth-order valence-corrected chi connectivity index (χ4v) is 1.89. The number of alkyl halides is 2. The summed E-state index contributed by atoms with van der Waals surface area (Å²) in [7, 11) is 0. The van der Waals surface area contributed by atoms with Gasteiger partial charge in [0.25, 0.3) is 6.43 Å². The Balaban J connectivity index is 2.30. The SMILES string of the molecule is Cc1ccc(C2CCC2)cc1C(F)F. The highest BCUT2D eigenvalue weighted by Gasteiger charge is 2.21. The van der Waals surface area contributed by atoms with Gasteiger partial charge in [0.2, 0.25) is 0 Å². The van der Waals surface area contributed by atoms with Gasteiger partial charge < -0.3 is 0 Å². The number of halogens is 2. The van der Waals surface area contributed by atoms with Crippen molar-refractivity contribution in [3.63, 3.8) is 0 Å². The smallest absolute Gasteiger partial charge is 0.205 e. The van der Waals surface area contributed by atoms with Gasteiger partial charge in [0.1, 0.15) is 0 Å². The molecule has 2 rings (SSSR count). The normalized spacial score (nSPS) is 17.1. The minimum Gasteiger partial charge on any atom is -0.205 e. The maximum atomic E-state index is 12.6. The van der Waals surface area contributed by atoms with Crippen molar-refractivity contribution < 1.29 is 8.78 Å². The zero-order valence-electron chi connectivity index (χ0n) is 8.26. The molecule has 1 aliphatic carbocycles. The second kappa shape index (κ2) is 3.68. The average molecular weight is 196 g/mol. The highest BCUT2D eigenvalue weighted by atomic mass is 19.3. The molecule has 0 radical (unpaired) electrons. The molecule has 0 aromatic heterocycles. The molecule has 0 bridgehead atoms. The molecule has 0 N–H and O–H groups in total. The third-order valence-electron chi connectivity index (χ3n) is 3.11. The Morgan fingerprint density at radius 3 is 2.50 bits per heavy atom. The van der Waals surface area contributed by atoms with Crippen LogP contribution >= 0.6 is 0 Å². The van der Waals surface area contributed by atoms with Crippen LogP contribution in [0, 0.1) is 6.92 Å². The standard InChI is InChI=1S/C12H14F2/c1-8-5-6-10(9-3-2-4-9)7-11(8)12(13)14/h5-7,9,12H,2-4H2,1H3. The quantitative estimate of drug-likeness (QED) is 0.665. The first kappa shape index (κ1) is 9.63. The molecule has 1 saturated carbocycles. The Labute approximate surface area is 82.9 Å². The molecule has 0 unspecified atom stereocenters. The summed E-state index contributed by atoms with van der Waals surface area (Å²) in [5.41, 5.74) is 2.00. The second-order valence-corrected chi connectivity index (χ2v) is 4.04. The van der Waals surface area contributed by atoms with E-state index >= 15 is 0 Å². The topological polar surface area (TPSA) is 0 Å². The molecule has 0 heterocycles. The summed E-state index contributed by atoms with van der Waals surface area (Å²) in [6.07, 6.45) is 1.22. The van der Waals surface area contributed by atoms with E-state index in [9.17, 15) is 8.78 Å². The lowest BCUT2D eigenvalue weighted by atomic mass is 9.79. The Hall–Kier alpha value is -0.920. The Kier molecular flexibility index (Phi) is 2.53. The molecule has 0 saturated heterocycles. The van der Waals surface area contributed by atoms with Crippen molar-refractivity contribution in [2.45, 2.75) is 38.5 Å². The molecular weight excluding hydrogens is 182 g/mol. The van der Waals surface area contributed by atoms with E-state index in [1.165, 1.54) is 6.42 Å². The molecule has 1 aromatic carbocycles. The van der Waals surface area contributed by atoms with Crippen LogP contribution in [-0.4, -0.2) is 0 Å². The van der Waals surface area contributed by atoms with Gasteiger partial charge >= 0.3 is 0 Å². The lowest BCUT2D eigenvalue weighted by Gasteiger charge is -2.26. The fourth-order valence-electron chi connectivity index (χ4n) is 1.89. The monoisotopic (exact) mass is 196 g/mol. The van der Waals surface area contributed by atoms with Crippen LogP contribution in [0.5, 0.6) is 0 Å². The first-order chi connectivity index (χ1) is 6.68. The summed E-state index contributed by atoms with van der Waals surface area (Å²) < 4.78 is 25.2. The van der Waals surface area contributed by atoms with Crippen LogP contribution in [0.2, 0.25) is 0 Å². The minimum atomic E-state index is -2.34. The van der Waals surface area contributed by atoms with Gasteiger partial charge in [0, 0.05) is 5.56 Å². The molecule has 76 valence electrons. The molecule has 0 nitrogen and oxygen atoms in total. The summed E-state index contributed by atoms with van der Waals surface area (Å²) in [4.78, 5) is 0. The highest BCUT2D eigenvalue weighted by molar-refractivity contribution is 5.34. The van der Waals surface area contributed by atoms with Crippen LogP contribution in [0.1, 0.15) is 48.3 Å². The third kappa shape index (κ3) is 1.66. The number of aryl methyl sites for hydroxylation is 1. The highest BCUT2D eigenvalue weighted by Crippen LogP contribution is 2.38. The van der Waals surface area contributed by atoms with Crippen molar-refractivity contribution in [3.8, 4) is 0 Å². The molecule has 1 aromatic rings. The number of benzene rings is 1. The van der Waals surface area contributed by atoms with E-state index in [-0.39, 0.29) is 5.56 Å². The molecule has 0 spiro atoms. The minimum absolute atomic E-state index is 0.203. The largest absolute Gasteiger partial charge is 0.264 e. The number of hydrogen-bond donors (Lipinski definition) is 0. The molecule has 2 heteroatoms. The first-order valence-corrected chi connectivity index (χ1v) is 5.07. The van der Waals surface area contributed by atoms with Crippen molar-refractivity contribution >= 4 is 0 Å². The molecular formula is C12H14F2. The molecule has 14 heavy (non-hydrogen) atoms. The predicted octanol–water partition coefficient (Wildman–Crippen LogP) is 4.20. The van der Waals surface area contributed by atoms with Crippen molar-refractivity contribution in [2.75, 3.05) is 0 Å². The molecule has 1 aliphatic rings. The summed E-state index contributed by atoms with van der Waals surface area (Å²) in [6.45, 7) is 1.74. The van der Waals surface area contributed by atoms with E-state index in [0.29, 0.717) is 11.5 Å². The van der Waals surface area contributed by atoms with Crippen LogP contribution in [0.4, 0.5) is 8.78 Å². The second-order valence-electron chi connectivity index (χ2n) is 4.04. The van der Waals surface area contributed by atoms with Crippen molar-refractivity contribution in [1.29, 1.82) is 0 Å². The van der Waals surface area contributed by atoms with Crippen molar-refractivity contribution in [1.82, 2.24) is 0 Å². The summed E-state index contributed by atoms with van der Waals surface area (Å²) in [5, 5.41) is 0. The predicted molar refractivity (Wildman–Crippen MR) is 52.7 cm³/mol. The van der Waals surface area contributed by atoms with E-state index in [1.54, 1.807) is 13.0 Å². The zero-order valence-corrected chi connectivity index (χ0v) is 8.26. The summed E-state index contributed by atoms with van der Waals surface area (Å²) >= 11 is 0. The van der Waals surface area contributed by atoms with Gasteiger partial charge in [-0.15, -0.1) is 0 Å². The van der Waals surface area contributed by atoms with Crippen molar-refractivity contribution in [2.24, 2.45) is 0 Å². The van der Waals surface area contributed by atoms with E-state index in [4.69, 9.17) is 0 Å². The van der Waals surface area contributed by atoms with Crippen LogP contribution < -0.4 is 0 Å². The van der Waals surface area contributed by atoms with Gasteiger partial charge in [0.05, 0.1) is 0 Å². The zero-order chi connectivity index (χ0) is 10.1. The van der Waals surface area contributed by atoms with Gasteiger partial charge in [-0.2, -0.15) is 0 Å². The Morgan fingerprint density at radius 2 is 2.00 bits per heavy atom. The number of rotatable bonds is 2. The van der Waals surface area contributed by atoms with E-state index < -0.39 is 6.43 Å². The lowest BCUT2D eigenvalue weighted by molar-refractivity contribution is 0.150. The summed E-state index contributed by atoms with van der Waals surface area (Å²) in [5.74, 6) is 0.535. The van der Waals surface area contributed by atoms with Crippen LogP contribution in [0.3, 0.4) is 0 Å². The van der Waals surface area contributed by atoms with Gasteiger partial charge in [-0.3, -0.25) is 0 Å². The van der Waals surface area contributed by atoms with Gasteiger partial charge in [-0.1, -0.05) is 18.6 Å². The third-order valence-corrected chi connectivity index (χ3v) is 3.11. The van der Waals surface area contributed by atoms with Gasteiger partial charge in [-0.05, 0) is 42.9 Å². The number of hydrogen-bond acceptors (Lipinski definition) is 0. The van der Waals surface area contributed by atoms with E-state index in [1.807, 2.05) is 12.1 Å². The van der Waals surface area contributed by atoms with Crippen LogP contribution in [0.25, 0.3) is 0 Å². The van der Waals surface area contributed by atoms with E-state index in [2.05, 4.69) is 0 Å². The van der Waals surface area contributed by atoms with Crippen molar-refractivity contribution in [3.05, 3.63) is 34.9 Å². The lowest BCUT2D eigenvalue weighted by Crippen LogP contribution is -2.09. The van der Waals surface area contributed by atoms with Crippen LogP contribution in [-0.2, 0) is 0 Å². The molecule has 0 amide bonds. The van der Waals surface area contributed by atoms with Gasteiger partial charge in [0.15, 0.2) is 0 Å². The van der Waals surface area contributed by atoms with Gasteiger partial charge in [-0.25, -0.2) is 8.78 Å². The maximum absolute atomic E-state index is 12.6. The molecule has 1 fully saturated rings. The fraction of sp³-hybridized carbons (Fsp3) is 0.500. The Bertz CT molecular complexity index is 327. The average Bonchev–Trinajstić information content (AvgIpc) is 2.04. The van der Waals surface area contributed by atoms with Crippen LogP contribution in [0.15, 0.2) is 18.2 Å². The summed E-state index contributed by atoms with van der Waals surface area (Å²) in [6, 6.07) is 5.49. The molecule has 0 atom stereocenters.